The Morgan fingerprint density at radius 3 is 2.76 bits per heavy atom. The first kappa shape index (κ1) is 18.0. The van der Waals surface area contributed by atoms with E-state index in [0.717, 1.165) is 28.2 Å². The zero-order valence-corrected chi connectivity index (χ0v) is 16.5. The average Bonchev–Trinajstić information content (AvgIpc) is 3.33. The summed E-state index contributed by atoms with van der Waals surface area (Å²) in [6, 6.07) is 13.0. The smallest absolute Gasteiger partial charge is 0.231 e. The molecule has 6 heteroatoms. The van der Waals surface area contributed by atoms with Crippen LogP contribution < -0.4 is 9.47 Å². The number of hydrogen-bond donors (Lipinski definition) is 0. The third kappa shape index (κ3) is 3.33. The first-order valence-electron chi connectivity index (χ1n) is 9.32. The average molecular weight is 408 g/mol. The molecule has 5 rings (SSSR count). The van der Waals surface area contributed by atoms with Crippen LogP contribution in [0.5, 0.6) is 11.5 Å². The number of furan rings is 1. The minimum atomic E-state index is -0.121. The second-order valence-corrected chi connectivity index (χ2v) is 7.63. The van der Waals surface area contributed by atoms with Crippen LogP contribution in [-0.2, 0) is 13.1 Å². The minimum Gasteiger partial charge on any atom is -0.477 e. The quantitative estimate of drug-likeness (QED) is 0.558. The summed E-state index contributed by atoms with van der Waals surface area (Å²) < 4.78 is 17.4. The van der Waals surface area contributed by atoms with Gasteiger partial charge in [-0.15, -0.1) is 0 Å². The Kier molecular flexibility index (Phi) is 4.42. The van der Waals surface area contributed by atoms with Crippen LogP contribution in [0.15, 0.2) is 58.9 Å². The molecule has 0 radical (unpaired) electrons. The third-order valence-corrected chi connectivity index (χ3v) is 5.38. The van der Waals surface area contributed by atoms with Crippen LogP contribution in [-0.4, -0.2) is 17.4 Å². The van der Waals surface area contributed by atoms with Gasteiger partial charge in [-0.2, -0.15) is 0 Å². The van der Waals surface area contributed by atoms with Gasteiger partial charge in [0.2, 0.25) is 5.78 Å². The molecule has 0 spiro atoms. The molecule has 0 N–H and O–H groups in total. The van der Waals surface area contributed by atoms with Gasteiger partial charge in [0.25, 0.3) is 0 Å². The Bertz CT molecular complexity index is 1120. The molecule has 1 aromatic heterocycles. The lowest BCUT2D eigenvalue weighted by Crippen LogP contribution is -2.31. The van der Waals surface area contributed by atoms with Gasteiger partial charge >= 0.3 is 0 Å². The first-order chi connectivity index (χ1) is 14.1. The Morgan fingerprint density at radius 2 is 2.00 bits per heavy atom. The van der Waals surface area contributed by atoms with E-state index in [0.29, 0.717) is 41.9 Å². The Morgan fingerprint density at radius 1 is 1.17 bits per heavy atom. The van der Waals surface area contributed by atoms with Crippen molar-refractivity contribution in [1.82, 2.24) is 4.90 Å². The van der Waals surface area contributed by atoms with Crippen molar-refractivity contribution in [1.29, 1.82) is 0 Å². The molecular formula is C23H18ClNO4. The molecule has 0 bridgehead atoms. The fraction of sp³-hybridized carbons (Fsp3) is 0.174. The molecule has 0 amide bonds. The van der Waals surface area contributed by atoms with Crippen molar-refractivity contribution in [3.63, 3.8) is 0 Å². The van der Waals surface area contributed by atoms with Crippen LogP contribution in [0.4, 0.5) is 0 Å². The third-order valence-electron chi connectivity index (χ3n) is 5.13. The predicted molar refractivity (Wildman–Crippen MR) is 109 cm³/mol. The number of Topliss-reactive ketones (excluding diaryl/α,β-unsaturated/α-hetero) is 1. The van der Waals surface area contributed by atoms with Crippen molar-refractivity contribution in [3.8, 4) is 11.5 Å². The number of carbonyl (C=O) groups is 1. The van der Waals surface area contributed by atoms with Crippen LogP contribution in [0.3, 0.4) is 0 Å². The van der Waals surface area contributed by atoms with Gasteiger partial charge in [0.05, 0.1) is 18.4 Å². The number of rotatable bonds is 3. The molecule has 0 saturated heterocycles. The molecule has 0 saturated carbocycles. The van der Waals surface area contributed by atoms with Gasteiger partial charge in [-0.1, -0.05) is 23.7 Å². The van der Waals surface area contributed by atoms with Crippen LogP contribution in [0.1, 0.15) is 32.8 Å². The number of ether oxygens (including phenoxy) is 2. The number of benzene rings is 2. The molecule has 3 aromatic rings. The highest BCUT2D eigenvalue weighted by atomic mass is 35.5. The van der Waals surface area contributed by atoms with Crippen molar-refractivity contribution in [2.75, 3.05) is 6.73 Å². The summed E-state index contributed by atoms with van der Waals surface area (Å²) in [5, 5.41) is 0.647. The predicted octanol–water partition coefficient (Wildman–Crippen LogP) is 5.21. The van der Waals surface area contributed by atoms with E-state index >= 15 is 0 Å². The van der Waals surface area contributed by atoms with Crippen molar-refractivity contribution in [2.24, 2.45) is 0 Å². The highest BCUT2D eigenvalue weighted by molar-refractivity contribution is 6.30. The molecular weight excluding hydrogens is 390 g/mol. The van der Waals surface area contributed by atoms with Crippen LogP contribution in [0, 0.1) is 6.92 Å². The highest BCUT2D eigenvalue weighted by Gasteiger charge is 2.33. The molecule has 2 aromatic carbocycles. The molecule has 146 valence electrons. The molecule has 3 heterocycles. The number of ketones is 1. The maximum Gasteiger partial charge on any atom is 0.231 e. The summed E-state index contributed by atoms with van der Waals surface area (Å²) >= 11 is 5.94. The summed E-state index contributed by atoms with van der Waals surface area (Å²) in [6.07, 6.45) is 3.40. The Labute approximate surface area is 173 Å². The zero-order valence-electron chi connectivity index (χ0n) is 15.8. The monoisotopic (exact) mass is 407 g/mol. The second kappa shape index (κ2) is 7.10. The maximum absolute atomic E-state index is 13.0. The van der Waals surface area contributed by atoms with Crippen molar-refractivity contribution in [3.05, 3.63) is 87.5 Å². The Balaban J connectivity index is 1.44. The molecule has 0 atom stereocenters. The van der Waals surface area contributed by atoms with Gasteiger partial charge in [0.1, 0.15) is 24.0 Å². The molecule has 0 fully saturated rings. The van der Waals surface area contributed by atoms with E-state index in [-0.39, 0.29) is 5.78 Å². The molecule has 2 aliphatic rings. The van der Waals surface area contributed by atoms with E-state index in [9.17, 15) is 4.79 Å². The summed E-state index contributed by atoms with van der Waals surface area (Å²) in [6.45, 7) is 3.70. The van der Waals surface area contributed by atoms with E-state index in [4.69, 9.17) is 25.5 Å². The van der Waals surface area contributed by atoms with Gasteiger partial charge in [0.15, 0.2) is 5.76 Å². The molecule has 0 unspecified atom stereocenters. The van der Waals surface area contributed by atoms with Gasteiger partial charge < -0.3 is 13.9 Å². The standard InChI is InChI=1S/C23H18ClNO4/c1-14-22-16(11-25(13-28-22)12-18-3-2-8-27-18)10-19-21(26)20(29-23(14)19)9-15-4-6-17(24)7-5-15/h2-10H,11-13H2,1H3/b20-9-. The lowest BCUT2D eigenvalue weighted by molar-refractivity contribution is 0.0813. The SMILES string of the molecule is Cc1c2c(cc3c1O/C(=C\c1ccc(Cl)cc1)C3=O)CN(Cc1ccco1)CO2. The Hall–Kier alpha value is -3.02. The van der Waals surface area contributed by atoms with Crippen LogP contribution >= 0.6 is 11.6 Å². The largest absolute Gasteiger partial charge is 0.477 e. The molecule has 2 aliphatic heterocycles. The van der Waals surface area contributed by atoms with Crippen LogP contribution in [0.25, 0.3) is 6.08 Å². The summed E-state index contributed by atoms with van der Waals surface area (Å²) in [5.74, 6) is 2.43. The number of allylic oxidation sites excluding steroid dienone is 1. The van der Waals surface area contributed by atoms with E-state index in [2.05, 4.69) is 4.90 Å². The van der Waals surface area contributed by atoms with Crippen molar-refractivity contribution < 1.29 is 18.7 Å². The van der Waals surface area contributed by atoms with Crippen LogP contribution in [0.2, 0.25) is 5.02 Å². The number of fused-ring (bicyclic) bond motifs is 2. The fourth-order valence-electron chi connectivity index (χ4n) is 3.73. The minimum absolute atomic E-state index is 0.121. The lowest BCUT2D eigenvalue weighted by Gasteiger charge is -2.29. The molecule has 5 nitrogen and oxygen atoms in total. The summed E-state index contributed by atoms with van der Waals surface area (Å²) in [5.41, 5.74) is 3.26. The maximum atomic E-state index is 13.0. The van der Waals surface area contributed by atoms with Crippen molar-refractivity contribution in [2.45, 2.75) is 20.0 Å². The number of nitrogens with zero attached hydrogens (tertiary/aromatic N) is 1. The topological polar surface area (TPSA) is 51.9 Å². The van der Waals surface area contributed by atoms with Gasteiger partial charge in [-0.3, -0.25) is 9.69 Å². The second-order valence-electron chi connectivity index (χ2n) is 7.20. The van der Waals surface area contributed by atoms with Gasteiger partial charge in [0, 0.05) is 22.7 Å². The number of hydrogen-bond acceptors (Lipinski definition) is 5. The van der Waals surface area contributed by atoms with E-state index < -0.39 is 0 Å². The summed E-state index contributed by atoms with van der Waals surface area (Å²) in [4.78, 5) is 15.1. The fourth-order valence-corrected chi connectivity index (χ4v) is 3.86. The van der Waals surface area contributed by atoms with Crippen molar-refractivity contribution >= 4 is 23.5 Å². The van der Waals surface area contributed by atoms with E-state index in [1.165, 1.54) is 0 Å². The molecule has 0 aliphatic carbocycles. The van der Waals surface area contributed by atoms with Gasteiger partial charge in [-0.25, -0.2) is 0 Å². The van der Waals surface area contributed by atoms with Gasteiger partial charge in [-0.05, 0) is 48.9 Å². The van der Waals surface area contributed by atoms with E-state index in [1.807, 2.05) is 37.3 Å². The lowest BCUT2D eigenvalue weighted by atomic mass is 10.00. The first-order valence-corrected chi connectivity index (χ1v) is 9.70. The highest BCUT2D eigenvalue weighted by Crippen LogP contribution is 2.43. The summed E-state index contributed by atoms with van der Waals surface area (Å²) in [7, 11) is 0. The zero-order chi connectivity index (χ0) is 20.0. The molecule has 29 heavy (non-hydrogen) atoms. The normalized spacial score (nSPS) is 17.0. The number of halogens is 1. The van der Waals surface area contributed by atoms with E-state index in [1.54, 1.807) is 24.5 Å². The number of carbonyl (C=O) groups excluding carboxylic acids is 1.